The highest BCUT2D eigenvalue weighted by molar-refractivity contribution is 6.30. The van der Waals surface area contributed by atoms with E-state index in [2.05, 4.69) is 5.16 Å². The first kappa shape index (κ1) is 12.7. The predicted octanol–water partition coefficient (Wildman–Crippen LogP) is 4.28. The van der Waals surface area contributed by atoms with Crippen molar-refractivity contribution < 1.29 is 4.84 Å². The first-order valence-electron chi connectivity index (χ1n) is 5.72. The van der Waals surface area contributed by atoms with Crippen molar-refractivity contribution >= 4 is 17.3 Å². The normalized spacial score (nSPS) is 11.3. The van der Waals surface area contributed by atoms with Crippen molar-refractivity contribution in [3.05, 3.63) is 70.7 Å². The zero-order valence-corrected chi connectivity index (χ0v) is 10.9. The van der Waals surface area contributed by atoms with Gasteiger partial charge < -0.3 is 4.84 Å². The Morgan fingerprint density at radius 1 is 1.06 bits per heavy atom. The molecule has 0 unspecified atom stereocenters. The molecule has 0 heterocycles. The van der Waals surface area contributed by atoms with Crippen molar-refractivity contribution in [2.75, 3.05) is 0 Å². The van der Waals surface area contributed by atoms with E-state index in [9.17, 15) is 0 Å². The van der Waals surface area contributed by atoms with Crippen LogP contribution < -0.4 is 0 Å². The fourth-order valence-corrected chi connectivity index (χ4v) is 1.65. The second kappa shape index (κ2) is 6.22. The molecular formula is C15H14ClNO. The van der Waals surface area contributed by atoms with Crippen LogP contribution in [0.15, 0.2) is 59.8 Å². The van der Waals surface area contributed by atoms with Crippen molar-refractivity contribution in [3.63, 3.8) is 0 Å². The van der Waals surface area contributed by atoms with Crippen LogP contribution in [0.2, 0.25) is 5.02 Å². The van der Waals surface area contributed by atoms with Crippen LogP contribution >= 0.6 is 11.6 Å². The van der Waals surface area contributed by atoms with Crippen LogP contribution in [0.4, 0.5) is 0 Å². The Bertz CT molecular complexity index is 520. The Balaban J connectivity index is 1.95. The molecule has 0 aliphatic carbocycles. The van der Waals surface area contributed by atoms with Crippen molar-refractivity contribution in [2.24, 2.45) is 5.16 Å². The third kappa shape index (κ3) is 3.60. The number of hydrogen-bond acceptors (Lipinski definition) is 2. The van der Waals surface area contributed by atoms with Gasteiger partial charge in [0.15, 0.2) is 0 Å². The number of hydrogen-bond donors (Lipinski definition) is 0. The van der Waals surface area contributed by atoms with E-state index in [0.717, 1.165) is 21.9 Å². The smallest absolute Gasteiger partial charge is 0.142 e. The Morgan fingerprint density at radius 3 is 2.39 bits per heavy atom. The van der Waals surface area contributed by atoms with Gasteiger partial charge in [0.1, 0.15) is 6.61 Å². The molecule has 2 aromatic rings. The van der Waals surface area contributed by atoms with E-state index in [0.29, 0.717) is 6.61 Å². The second-order valence-electron chi connectivity index (χ2n) is 3.94. The first-order chi connectivity index (χ1) is 8.75. The zero-order chi connectivity index (χ0) is 12.8. The summed E-state index contributed by atoms with van der Waals surface area (Å²) >= 11 is 5.83. The Labute approximate surface area is 112 Å². The summed E-state index contributed by atoms with van der Waals surface area (Å²) < 4.78 is 0. The fourth-order valence-electron chi connectivity index (χ4n) is 1.52. The number of benzene rings is 2. The summed E-state index contributed by atoms with van der Waals surface area (Å²) in [6.45, 7) is 2.39. The van der Waals surface area contributed by atoms with Gasteiger partial charge in [0.2, 0.25) is 0 Å². The van der Waals surface area contributed by atoms with E-state index in [4.69, 9.17) is 16.4 Å². The summed E-state index contributed by atoms with van der Waals surface area (Å²) in [5.74, 6) is 0. The van der Waals surface area contributed by atoms with Gasteiger partial charge in [0.05, 0.1) is 5.71 Å². The molecule has 0 aliphatic heterocycles. The molecule has 0 amide bonds. The van der Waals surface area contributed by atoms with Crippen LogP contribution in [0.25, 0.3) is 0 Å². The van der Waals surface area contributed by atoms with Gasteiger partial charge in [0, 0.05) is 5.02 Å². The molecule has 0 atom stereocenters. The van der Waals surface area contributed by atoms with Crippen LogP contribution in [0.3, 0.4) is 0 Å². The van der Waals surface area contributed by atoms with Crippen LogP contribution in [0.1, 0.15) is 18.1 Å². The topological polar surface area (TPSA) is 21.6 Å². The molecule has 0 bridgehead atoms. The number of halogens is 1. The van der Waals surface area contributed by atoms with E-state index in [1.165, 1.54) is 0 Å². The lowest BCUT2D eigenvalue weighted by Crippen LogP contribution is -1.96. The quantitative estimate of drug-likeness (QED) is 0.593. The molecule has 0 aliphatic rings. The fraction of sp³-hybridized carbons (Fsp3) is 0.133. The zero-order valence-electron chi connectivity index (χ0n) is 10.1. The third-order valence-electron chi connectivity index (χ3n) is 2.54. The number of rotatable bonds is 4. The lowest BCUT2D eigenvalue weighted by atomic mass is 10.1. The summed E-state index contributed by atoms with van der Waals surface area (Å²) in [6, 6.07) is 17.5. The molecule has 2 nitrogen and oxygen atoms in total. The molecule has 0 saturated carbocycles. The molecule has 0 spiro atoms. The van der Waals surface area contributed by atoms with Crippen molar-refractivity contribution in [1.82, 2.24) is 0 Å². The molecule has 0 saturated heterocycles. The monoisotopic (exact) mass is 259 g/mol. The molecule has 0 fully saturated rings. The van der Waals surface area contributed by atoms with Gasteiger partial charge in [0.25, 0.3) is 0 Å². The van der Waals surface area contributed by atoms with Crippen LogP contribution in [0, 0.1) is 0 Å². The Hall–Kier alpha value is -1.80. The molecule has 2 rings (SSSR count). The predicted molar refractivity (Wildman–Crippen MR) is 74.9 cm³/mol. The van der Waals surface area contributed by atoms with Crippen LogP contribution in [-0.4, -0.2) is 5.71 Å². The maximum atomic E-state index is 5.83. The van der Waals surface area contributed by atoms with E-state index in [1.807, 2.05) is 61.5 Å². The summed E-state index contributed by atoms with van der Waals surface area (Å²) in [4.78, 5) is 5.32. The second-order valence-corrected chi connectivity index (χ2v) is 4.38. The Kier molecular flexibility index (Phi) is 4.37. The largest absolute Gasteiger partial charge is 0.391 e. The van der Waals surface area contributed by atoms with Crippen molar-refractivity contribution in [1.29, 1.82) is 0 Å². The lowest BCUT2D eigenvalue weighted by molar-refractivity contribution is 0.130. The summed E-state index contributed by atoms with van der Waals surface area (Å²) in [5, 5.41) is 4.81. The molecule has 0 N–H and O–H groups in total. The third-order valence-corrected chi connectivity index (χ3v) is 2.79. The highest BCUT2D eigenvalue weighted by Crippen LogP contribution is 2.10. The highest BCUT2D eigenvalue weighted by atomic mass is 35.5. The summed E-state index contributed by atoms with van der Waals surface area (Å²) in [7, 11) is 0. The molecule has 0 aromatic heterocycles. The van der Waals surface area contributed by atoms with Gasteiger partial charge in [-0.15, -0.1) is 0 Å². The van der Waals surface area contributed by atoms with Gasteiger partial charge in [-0.25, -0.2) is 0 Å². The molecule has 92 valence electrons. The molecule has 0 radical (unpaired) electrons. The first-order valence-corrected chi connectivity index (χ1v) is 6.10. The van der Waals surface area contributed by atoms with Gasteiger partial charge in [-0.05, 0) is 30.2 Å². The maximum Gasteiger partial charge on any atom is 0.142 e. The van der Waals surface area contributed by atoms with Gasteiger partial charge in [-0.2, -0.15) is 0 Å². The van der Waals surface area contributed by atoms with E-state index >= 15 is 0 Å². The standard InChI is InChI=1S/C15H14ClNO/c1-12(14-7-9-15(16)10-8-14)17-18-11-13-5-3-2-4-6-13/h2-10H,11H2,1H3/b17-12+. The SMILES string of the molecule is C/C(=N\OCc1ccccc1)c1ccc(Cl)cc1. The average Bonchev–Trinajstić information content (AvgIpc) is 2.40. The lowest BCUT2D eigenvalue weighted by Gasteiger charge is -2.03. The van der Waals surface area contributed by atoms with E-state index < -0.39 is 0 Å². The molecule has 3 heteroatoms. The minimum Gasteiger partial charge on any atom is -0.391 e. The van der Waals surface area contributed by atoms with E-state index in [-0.39, 0.29) is 0 Å². The molecule has 18 heavy (non-hydrogen) atoms. The van der Waals surface area contributed by atoms with Crippen molar-refractivity contribution in [2.45, 2.75) is 13.5 Å². The van der Waals surface area contributed by atoms with Gasteiger partial charge in [-0.1, -0.05) is 59.2 Å². The molecular weight excluding hydrogens is 246 g/mol. The minimum atomic E-state index is 0.478. The van der Waals surface area contributed by atoms with Gasteiger partial charge >= 0.3 is 0 Å². The molecule has 2 aromatic carbocycles. The van der Waals surface area contributed by atoms with Crippen LogP contribution in [-0.2, 0) is 11.4 Å². The minimum absolute atomic E-state index is 0.478. The van der Waals surface area contributed by atoms with Crippen molar-refractivity contribution in [3.8, 4) is 0 Å². The van der Waals surface area contributed by atoms with Gasteiger partial charge in [-0.3, -0.25) is 0 Å². The number of nitrogens with zero attached hydrogens (tertiary/aromatic N) is 1. The number of oxime groups is 1. The van der Waals surface area contributed by atoms with Crippen LogP contribution in [0.5, 0.6) is 0 Å². The summed E-state index contributed by atoms with van der Waals surface area (Å²) in [5.41, 5.74) is 2.94. The Morgan fingerprint density at radius 2 is 1.72 bits per heavy atom. The highest BCUT2D eigenvalue weighted by Gasteiger charge is 1.98. The maximum absolute atomic E-state index is 5.83. The summed E-state index contributed by atoms with van der Waals surface area (Å²) in [6.07, 6.45) is 0. The van der Waals surface area contributed by atoms with E-state index in [1.54, 1.807) is 0 Å². The average molecular weight is 260 g/mol.